The van der Waals surface area contributed by atoms with E-state index in [0.717, 1.165) is 30.6 Å². The molecule has 4 aromatic rings. The highest BCUT2D eigenvalue weighted by atomic mass is 19.1. The lowest BCUT2D eigenvalue weighted by Gasteiger charge is -2.20. The van der Waals surface area contributed by atoms with E-state index in [4.69, 9.17) is 6.42 Å². The van der Waals surface area contributed by atoms with Crippen molar-refractivity contribution in [2.24, 2.45) is 7.05 Å². The van der Waals surface area contributed by atoms with Gasteiger partial charge in [-0.25, -0.2) is 9.37 Å². The van der Waals surface area contributed by atoms with Crippen LogP contribution in [0.15, 0.2) is 36.8 Å². The minimum atomic E-state index is -0.499. The van der Waals surface area contributed by atoms with Gasteiger partial charge in [-0.1, -0.05) is 5.92 Å². The van der Waals surface area contributed by atoms with Crippen molar-refractivity contribution < 1.29 is 9.18 Å². The Hall–Kier alpha value is -3.90. The lowest BCUT2D eigenvalue weighted by atomic mass is 10.1. The predicted molar refractivity (Wildman–Crippen MR) is 126 cm³/mol. The van der Waals surface area contributed by atoms with Crippen LogP contribution in [0.1, 0.15) is 22.5 Å². The molecule has 9 heteroatoms. The van der Waals surface area contributed by atoms with Crippen molar-refractivity contribution in [1.29, 1.82) is 0 Å². The first-order valence-electron chi connectivity index (χ1n) is 10.8. The van der Waals surface area contributed by atoms with Crippen LogP contribution in [0.4, 0.5) is 15.8 Å². The Morgan fingerprint density at radius 3 is 3.00 bits per heavy atom. The SMILES string of the molecule is C#CCNC1CCN(c2ccc(C(=O)Nc3cc(F)c4nc(C)cn4c3)c3nn(C)cc23)C1. The lowest BCUT2D eigenvalue weighted by Crippen LogP contribution is -2.32. The minimum absolute atomic E-state index is 0.225. The van der Waals surface area contributed by atoms with Crippen molar-refractivity contribution in [3.8, 4) is 12.3 Å². The Kier molecular flexibility index (Phi) is 5.23. The zero-order valence-corrected chi connectivity index (χ0v) is 18.5. The molecule has 1 aliphatic heterocycles. The van der Waals surface area contributed by atoms with Gasteiger partial charge in [-0.3, -0.25) is 9.48 Å². The Labute approximate surface area is 190 Å². The first kappa shape index (κ1) is 21.0. The predicted octanol–water partition coefficient (Wildman–Crippen LogP) is 2.72. The van der Waals surface area contributed by atoms with Gasteiger partial charge in [0.05, 0.1) is 23.5 Å². The molecule has 0 bridgehead atoms. The zero-order chi connectivity index (χ0) is 23.1. The number of imidazole rings is 1. The number of fused-ring (bicyclic) bond motifs is 2. The van der Waals surface area contributed by atoms with Crippen LogP contribution >= 0.6 is 0 Å². The molecule has 3 aromatic heterocycles. The van der Waals surface area contributed by atoms with Gasteiger partial charge in [0.25, 0.3) is 5.91 Å². The summed E-state index contributed by atoms with van der Waals surface area (Å²) in [5.41, 5.74) is 3.33. The van der Waals surface area contributed by atoms with Crippen LogP contribution in [0, 0.1) is 25.1 Å². The number of carbonyl (C=O) groups excluding carboxylic acids is 1. The third-order valence-corrected chi connectivity index (χ3v) is 5.92. The Bertz CT molecular complexity index is 1410. The van der Waals surface area contributed by atoms with Gasteiger partial charge in [0.15, 0.2) is 11.5 Å². The molecule has 1 atom stereocenters. The number of anilines is 2. The maximum absolute atomic E-state index is 14.4. The molecule has 8 nitrogen and oxygen atoms in total. The van der Waals surface area contributed by atoms with E-state index in [1.807, 2.05) is 19.3 Å². The van der Waals surface area contributed by atoms with Crippen LogP contribution in [-0.4, -0.2) is 50.7 Å². The summed E-state index contributed by atoms with van der Waals surface area (Å²) in [6.07, 6.45) is 11.6. The van der Waals surface area contributed by atoms with Crippen molar-refractivity contribution >= 4 is 33.8 Å². The summed E-state index contributed by atoms with van der Waals surface area (Å²) < 4.78 is 17.7. The van der Waals surface area contributed by atoms with Crippen molar-refractivity contribution in [3.05, 3.63) is 53.9 Å². The lowest BCUT2D eigenvalue weighted by molar-refractivity contribution is 0.102. The largest absolute Gasteiger partial charge is 0.369 e. The molecule has 1 saturated heterocycles. The molecular weight excluding hydrogens is 421 g/mol. The summed E-state index contributed by atoms with van der Waals surface area (Å²) in [6, 6.07) is 5.33. The fourth-order valence-corrected chi connectivity index (χ4v) is 4.46. The van der Waals surface area contributed by atoms with E-state index in [0.29, 0.717) is 35.0 Å². The number of terminal acetylenes is 1. The molecule has 0 saturated carbocycles. The van der Waals surface area contributed by atoms with Crippen LogP contribution in [-0.2, 0) is 7.05 Å². The highest BCUT2D eigenvalue weighted by Gasteiger charge is 2.25. The number of hydrogen-bond donors (Lipinski definition) is 2. The highest BCUT2D eigenvalue weighted by Crippen LogP contribution is 2.31. The van der Waals surface area contributed by atoms with E-state index in [9.17, 15) is 9.18 Å². The van der Waals surface area contributed by atoms with E-state index >= 15 is 0 Å². The first-order chi connectivity index (χ1) is 15.9. The fraction of sp³-hybridized carbons (Fsp3) is 0.292. The number of aryl methyl sites for hydroxylation is 2. The van der Waals surface area contributed by atoms with Crippen LogP contribution in [0.2, 0.25) is 0 Å². The van der Waals surface area contributed by atoms with Gasteiger partial charge in [0.2, 0.25) is 0 Å². The molecule has 1 aromatic carbocycles. The van der Waals surface area contributed by atoms with Gasteiger partial charge in [-0.05, 0) is 25.5 Å². The number of halogens is 1. The molecule has 0 radical (unpaired) electrons. The number of rotatable bonds is 5. The summed E-state index contributed by atoms with van der Waals surface area (Å²) in [4.78, 5) is 19.6. The van der Waals surface area contributed by atoms with Crippen LogP contribution in [0.3, 0.4) is 0 Å². The van der Waals surface area contributed by atoms with Crippen molar-refractivity contribution in [1.82, 2.24) is 24.5 Å². The number of nitrogens with zero attached hydrogens (tertiary/aromatic N) is 5. The van der Waals surface area contributed by atoms with E-state index in [1.165, 1.54) is 6.07 Å². The number of carbonyl (C=O) groups is 1. The van der Waals surface area contributed by atoms with E-state index in [-0.39, 0.29) is 11.6 Å². The molecule has 1 aliphatic rings. The van der Waals surface area contributed by atoms with Gasteiger partial charge < -0.3 is 19.9 Å². The first-order valence-corrected chi connectivity index (χ1v) is 10.8. The van der Waals surface area contributed by atoms with Crippen LogP contribution in [0.5, 0.6) is 0 Å². The summed E-state index contributed by atoms with van der Waals surface area (Å²) in [5.74, 6) is 1.77. The maximum atomic E-state index is 14.4. The molecule has 5 rings (SSSR count). The molecular formula is C24H24FN7O. The van der Waals surface area contributed by atoms with Gasteiger partial charge >= 0.3 is 0 Å². The maximum Gasteiger partial charge on any atom is 0.257 e. The van der Waals surface area contributed by atoms with Crippen molar-refractivity contribution in [2.75, 3.05) is 29.9 Å². The number of hydrogen-bond acceptors (Lipinski definition) is 5. The Morgan fingerprint density at radius 2 is 2.18 bits per heavy atom. The summed E-state index contributed by atoms with van der Waals surface area (Å²) in [6.45, 7) is 4.06. The number of benzene rings is 1. The third kappa shape index (κ3) is 3.90. The minimum Gasteiger partial charge on any atom is -0.369 e. The fourth-order valence-electron chi connectivity index (χ4n) is 4.46. The molecule has 0 spiro atoms. The number of pyridine rings is 1. The standard InChI is InChI=1S/C24H24FN7O/c1-4-8-26-16-7-9-31(12-16)21-6-5-18(22-19(21)14-30(3)29-22)24(33)28-17-10-20(25)23-27-15(2)11-32(23)13-17/h1,5-6,10-11,13-14,16,26H,7-9,12H2,2-3H3,(H,28,33). The topological polar surface area (TPSA) is 79.5 Å². The van der Waals surface area contributed by atoms with Crippen LogP contribution < -0.4 is 15.5 Å². The average Bonchev–Trinajstić information content (AvgIpc) is 3.48. The second-order valence-electron chi connectivity index (χ2n) is 8.36. The number of nitrogens with one attached hydrogen (secondary N) is 2. The van der Waals surface area contributed by atoms with E-state index < -0.39 is 5.82 Å². The van der Waals surface area contributed by atoms with Crippen LogP contribution in [0.25, 0.3) is 16.6 Å². The van der Waals surface area contributed by atoms with E-state index in [2.05, 4.69) is 31.5 Å². The molecule has 1 unspecified atom stereocenters. The molecule has 4 heterocycles. The second-order valence-corrected chi connectivity index (χ2v) is 8.36. The smallest absolute Gasteiger partial charge is 0.257 e. The van der Waals surface area contributed by atoms with Gasteiger partial charge in [-0.2, -0.15) is 5.10 Å². The highest BCUT2D eigenvalue weighted by molar-refractivity contribution is 6.13. The van der Waals surface area contributed by atoms with Gasteiger partial charge in [0, 0.05) is 61.9 Å². The summed E-state index contributed by atoms with van der Waals surface area (Å²) in [7, 11) is 1.83. The molecule has 1 amide bonds. The number of aromatic nitrogens is 4. The molecule has 1 fully saturated rings. The molecule has 0 aliphatic carbocycles. The summed E-state index contributed by atoms with van der Waals surface area (Å²) in [5, 5.41) is 11.6. The van der Waals surface area contributed by atoms with Gasteiger partial charge in [0.1, 0.15) is 5.52 Å². The monoisotopic (exact) mass is 445 g/mol. The van der Waals surface area contributed by atoms with Crippen molar-refractivity contribution in [2.45, 2.75) is 19.4 Å². The third-order valence-electron chi connectivity index (χ3n) is 5.92. The Balaban J connectivity index is 1.44. The molecule has 33 heavy (non-hydrogen) atoms. The Morgan fingerprint density at radius 1 is 1.33 bits per heavy atom. The van der Waals surface area contributed by atoms with E-state index in [1.54, 1.807) is 34.5 Å². The quantitative estimate of drug-likeness (QED) is 0.462. The molecule has 2 N–H and O–H groups in total. The second kappa shape index (κ2) is 8.22. The molecule has 168 valence electrons. The normalized spacial score (nSPS) is 15.9. The summed E-state index contributed by atoms with van der Waals surface area (Å²) >= 11 is 0. The van der Waals surface area contributed by atoms with Crippen molar-refractivity contribution in [3.63, 3.8) is 0 Å². The number of amides is 1. The zero-order valence-electron chi connectivity index (χ0n) is 18.5. The van der Waals surface area contributed by atoms with Gasteiger partial charge in [-0.15, -0.1) is 6.42 Å². The average molecular weight is 446 g/mol.